The quantitative estimate of drug-likeness (QED) is 0.596. The standard InChI is InChI=1S/C10H22N2O3/c1-4-8(7-15-3)12-10(13)9(11)5-6-14-2/h8-9H,4-7,11H2,1-3H3,(H,12,13). The van der Waals surface area contributed by atoms with Gasteiger partial charge in [-0.1, -0.05) is 6.92 Å². The van der Waals surface area contributed by atoms with E-state index >= 15 is 0 Å². The summed E-state index contributed by atoms with van der Waals surface area (Å²) in [5, 5.41) is 2.83. The molecular formula is C10H22N2O3. The lowest BCUT2D eigenvalue weighted by Crippen LogP contribution is -2.47. The van der Waals surface area contributed by atoms with Gasteiger partial charge in [-0.2, -0.15) is 0 Å². The first kappa shape index (κ1) is 14.3. The van der Waals surface area contributed by atoms with Crippen molar-refractivity contribution in [3.63, 3.8) is 0 Å². The highest BCUT2D eigenvalue weighted by atomic mass is 16.5. The first-order valence-electron chi connectivity index (χ1n) is 5.19. The van der Waals surface area contributed by atoms with Gasteiger partial charge >= 0.3 is 0 Å². The monoisotopic (exact) mass is 218 g/mol. The molecule has 0 fully saturated rings. The van der Waals surface area contributed by atoms with E-state index in [9.17, 15) is 4.79 Å². The molecule has 0 saturated heterocycles. The van der Waals surface area contributed by atoms with Gasteiger partial charge in [-0.15, -0.1) is 0 Å². The maximum Gasteiger partial charge on any atom is 0.237 e. The minimum Gasteiger partial charge on any atom is -0.385 e. The Kier molecular flexibility index (Phi) is 8.27. The van der Waals surface area contributed by atoms with Crippen LogP contribution >= 0.6 is 0 Å². The van der Waals surface area contributed by atoms with Crippen molar-refractivity contribution in [3.05, 3.63) is 0 Å². The van der Waals surface area contributed by atoms with Crippen LogP contribution in [0.25, 0.3) is 0 Å². The Labute approximate surface area is 91.3 Å². The highest BCUT2D eigenvalue weighted by Crippen LogP contribution is 1.95. The highest BCUT2D eigenvalue weighted by Gasteiger charge is 2.16. The van der Waals surface area contributed by atoms with Crippen molar-refractivity contribution in [1.82, 2.24) is 5.32 Å². The fourth-order valence-corrected chi connectivity index (χ4v) is 1.15. The van der Waals surface area contributed by atoms with Gasteiger partial charge in [-0.25, -0.2) is 0 Å². The van der Waals surface area contributed by atoms with Gasteiger partial charge in [0.05, 0.1) is 18.7 Å². The lowest BCUT2D eigenvalue weighted by molar-refractivity contribution is -0.123. The summed E-state index contributed by atoms with van der Waals surface area (Å²) in [7, 11) is 3.20. The third-order valence-corrected chi connectivity index (χ3v) is 2.18. The van der Waals surface area contributed by atoms with Gasteiger partial charge in [0.15, 0.2) is 0 Å². The lowest BCUT2D eigenvalue weighted by Gasteiger charge is -2.18. The topological polar surface area (TPSA) is 73.6 Å². The van der Waals surface area contributed by atoms with E-state index < -0.39 is 6.04 Å². The SMILES string of the molecule is CCC(COC)NC(=O)C(N)CCOC. The van der Waals surface area contributed by atoms with E-state index in [4.69, 9.17) is 15.2 Å². The van der Waals surface area contributed by atoms with Crippen LogP contribution in [0.2, 0.25) is 0 Å². The van der Waals surface area contributed by atoms with Crippen molar-refractivity contribution in [2.45, 2.75) is 31.8 Å². The zero-order chi connectivity index (χ0) is 11.7. The lowest BCUT2D eigenvalue weighted by atomic mass is 10.2. The molecule has 2 atom stereocenters. The Morgan fingerprint density at radius 2 is 2.07 bits per heavy atom. The third-order valence-electron chi connectivity index (χ3n) is 2.18. The number of hydrogen-bond donors (Lipinski definition) is 2. The summed E-state index contributed by atoms with van der Waals surface area (Å²) in [6.07, 6.45) is 1.36. The van der Waals surface area contributed by atoms with Crippen LogP contribution in [0.3, 0.4) is 0 Å². The van der Waals surface area contributed by atoms with E-state index in [0.717, 1.165) is 6.42 Å². The Bertz CT molecular complexity index is 176. The molecule has 0 aromatic heterocycles. The summed E-state index contributed by atoms with van der Waals surface area (Å²) in [5.74, 6) is -0.143. The molecule has 2 unspecified atom stereocenters. The van der Waals surface area contributed by atoms with Crippen molar-refractivity contribution in [2.75, 3.05) is 27.4 Å². The van der Waals surface area contributed by atoms with E-state index in [1.807, 2.05) is 6.92 Å². The smallest absolute Gasteiger partial charge is 0.237 e. The van der Waals surface area contributed by atoms with Crippen molar-refractivity contribution in [2.24, 2.45) is 5.73 Å². The molecule has 0 aliphatic rings. The molecule has 5 nitrogen and oxygen atoms in total. The molecule has 15 heavy (non-hydrogen) atoms. The molecule has 0 rings (SSSR count). The van der Waals surface area contributed by atoms with E-state index in [1.54, 1.807) is 14.2 Å². The fourth-order valence-electron chi connectivity index (χ4n) is 1.15. The molecule has 3 N–H and O–H groups in total. The second-order valence-electron chi connectivity index (χ2n) is 3.46. The van der Waals surface area contributed by atoms with Crippen molar-refractivity contribution in [3.8, 4) is 0 Å². The molecule has 0 spiro atoms. The van der Waals surface area contributed by atoms with Gasteiger partial charge in [0.25, 0.3) is 0 Å². The van der Waals surface area contributed by atoms with Crippen LogP contribution in [-0.2, 0) is 14.3 Å². The highest BCUT2D eigenvalue weighted by molar-refractivity contribution is 5.81. The molecule has 0 aromatic rings. The predicted molar refractivity (Wildman–Crippen MR) is 58.6 cm³/mol. The van der Waals surface area contributed by atoms with Gasteiger partial charge < -0.3 is 20.5 Å². The number of hydrogen-bond acceptors (Lipinski definition) is 4. The second-order valence-corrected chi connectivity index (χ2v) is 3.46. The largest absolute Gasteiger partial charge is 0.385 e. The number of nitrogens with one attached hydrogen (secondary N) is 1. The maximum atomic E-state index is 11.5. The molecule has 0 aliphatic heterocycles. The molecule has 0 radical (unpaired) electrons. The average Bonchev–Trinajstić information content (AvgIpc) is 2.24. The second kappa shape index (κ2) is 8.64. The van der Waals surface area contributed by atoms with Crippen LogP contribution in [-0.4, -0.2) is 45.4 Å². The van der Waals surface area contributed by atoms with Crippen molar-refractivity contribution in [1.29, 1.82) is 0 Å². The Hall–Kier alpha value is -0.650. The molecule has 0 aliphatic carbocycles. The number of carbonyl (C=O) groups excluding carboxylic acids is 1. The number of methoxy groups -OCH3 is 2. The average molecular weight is 218 g/mol. The fraction of sp³-hybridized carbons (Fsp3) is 0.900. The van der Waals surface area contributed by atoms with Gasteiger partial charge in [-0.3, -0.25) is 4.79 Å². The van der Waals surface area contributed by atoms with Crippen LogP contribution in [0.15, 0.2) is 0 Å². The molecule has 1 amide bonds. The van der Waals surface area contributed by atoms with E-state index in [1.165, 1.54) is 0 Å². The molecular weight excluding hydrogens is 196 g/mol. The Morgan fingerprint density at radius 1 is 1.40 bits per heavy atom. The number of rotatable bonds is 8. The molecule has 0 bridgehead atoms. The Morgan fingerprint density at radius 3 is 2.53 bits per heavy atom. The predicted octanol–water partition coefficient (Wildman–Crippen LogP) is -0.109. The minimum atomic E-state index is -0.504. The van der Waals surface area contributed by atoms with E-state index in [0.29, 0.717) is 19.6 Å². The molecule has 0 aromatic carbocycles. The molecule has 90 valence electrons. The van der Waals surface area contributed by atoms with E-state index in [2.05, 4.69) is 5.32 Å². The van der Waals surface area contributed by atoms with E-state index in [-0.39, 0.29) is 11.9 Å². The summed E-state index contributed by atoms with van der Waals surface area (Å²) in [6, 6.07) is -0.466. The normalized spacial score (nSPS) is 14.7. The zero-order valence-electron chi connectivity index (χ0n) is 9.79. The van der Waals surface area contributed by atoms with Crippen molar-refractivity contribution >= 4 is 5.91 Å². The van der Waals surface area contributed by atoms with Crippen LogP contribution in [0.5, 0.6) is 0 Å². The molecule has 5 heteroatoms. The summed E-state index contributed by atoms with van der Waals surface area (Å²) >= 11 is 0. The third kappa shape index (κ3) is 6.43. The van der Waals surface area contributed by atoms with Gasteiger partial charge in [0, 0.05) is 20.8 Å². The van der Waals surface area contributed by atoms with Gasteiger partial charge in [0.2, 0.25) is 5.91 Å². The van der Waals surface area contributed by atoms with Gasteiger partial charge in [0.1, 0.15) is 0 Å². The van der Waals surface area contributed by atoms with Crippen LogP contribution in [0.1, 0.15) is 19.8 Å². The minimum absolute atomic E-state index is 0.0381. The molecule has 0 saturated carbocycles. The van der Waals surface area contributed by atoms with Crippen LogP contribution in [0.4, 0.5) is 0 Å². The zero-order valence-corrected chi connectivity index (χ0v) is 9.79. The summed E-state index contributed by atoms with van der Waals surface area (Å²) in [4.78, 5) is 11.5. The summed E-state index contributed by atoms with van der Waals surface area (Å²) < 4.78 is 9.83. The first-order valence-corrected chi connectivity index (χ1v) is 5.19. The van der Waals surface area contributed by atoms with Crippen LogP contribution < -0.4 is 11.1 Å². The number of nitrogens with two attached hydrogens (primary N) is 1. The van der Waals surface area contributed by atoms with Gasteiger partial charge in [-0.05, 0) is 12.8 Å². The van der Waals surface area contributed by atoms with Crippen LogP contribution in [0, 0.1) is 0 Å². The maximum absolute atomic E-state index is 11.5. The number of amides is 1. The first-order chi connectivity index (χ1) is 7.15. The van der Waals surface area contributed by atoms with Crippen molar-refractivity contribution < 1.29 is 14.3 Å². The summed E-state index contributed by atoms with van der Waals surface area (Å²) in [6.45, 7) is 3.00. The molecule has 0 heterocycles. The number of ether oxygens (including phenoxy) is 2. The summed E-state index contributed by atoms with van der Waals surface area (Å²) in [5.41, 5.74) is 5.67. The number of carbonyl (C=O) groups is 1. The Balaban J connectivity index is 3.87.